The molecule has 0 aliphatic carbocycles. The zero-order valence-electron chi connectivity index (χ0n) is 13.3. The third-order valence-corrected chi connectivity index (χ3v) is 4.66. The number of aryl methyl sites for hydroxylation is 1. The third-order valence-electron chi connectivity index (χ3n) is 3.75. The van der Waals surface area contributed by atoms with Crippen molar-refractivity contribution in [3.8, 4) is 0 Å². The van der Waals surface area contributed by atoms with Gasteiger partial charge in [-0.15, -0.1) is 0 Å². The number of thioether (sulfide) groups is 1. The van der Waals surface area contributed by atoms with Gasteiger partial charge in [-0.05, 0) is 36.4 Å². The second-order valence-electron chi connectivity index (χ2n) is 5.57. The van der Waals surface area contributed by atoms with E-state index in [4.69, 9.17) is 0 Å². The molecule has 0 spiro atoms. The summed E-state index contributed by atoms with van der Waals surface area (Å²) < 4.78 is 0. The topological polar surface area (TPSA) is 80.5 Å². The van der Waals surface area contributed by atoms with Crippen molar-refractivity contribution in [3.05, 3.63) is 80.2 Å². The maximum Gasteiger partial charge on any atom is 0.293 e. The number of nitro benzene ring substituents is 1. The molecule has 0 atom stereocenters. The van der Waals surface area contributed by atoms with Gasteiger partial charge in [-0.2, -0.15) is 0 Å². The first kappa shape index (κ1) is 16.9. The summed E-state index contributed by atoms with van der Waals surface area (Å²) in [5, 5.41) is 10.7. The minimum Gasteiger partial charge on any atom is -0.268 e. The average molecular weight is 354 g/mol. The smallest absolute Gasteiger partial charge is 0.268 e. The Morgan fingerprint density at radius 3 is 2.48 bits per heavy atom. The van der Waals surface area contributed by atoms with Gasteiger partial charge in [0.05, 0.1) is 21.9 Å². The minimum absolute atomic E-state index is 0.104. The highest BCUT2D eigenvalue weighted by Crippen LogP contribution is 2.34. The fourth-order valence-corrected chi connectivity index (χ4v) is 3.26. The van der Waals surface area contributed by atoms with E-state index in [1.165, 1.54) is 12.1 Å². The lowest BCUT2D eigenvalue weighted by atomic mass is 10.1. The molecule has 0 N–H and O–H groups in total. The van der Waals surface area contributed by atoms with E-state index in [2.05, 4.69) is 0 Å². The molecule has 25 heavy (non-hydrogen) atoms. The first-order chi connectivity index (χ1) is 12.0. The number of hydrogen-bond acceptors (Lipinski definition) is 5. The summed E-state index contributed by atoms with van der Waals surface area (Å²) in [5.74, 6) is -0.436. The van der Waals surface area contributed by atoms with Crippen LogP contribution in [0.2, 0.25) is 0 Å². The van der Waals surface area contributed by atoms with Crippen LogP contribution in [0.25, 0.3) is 6.08 Å². The highest BCUT2D eigenvalue weighted by Gasteiger charge is 2.35. The van der Waals surface area contributed by atoms with Crippen LogP contribution in [0.4, 0.5) is 10.5 Å². The Balaban J connectivity index is 1.86. The van der Waals surface area contributed by atoms with Crippen molar-refractivity contribution in [3.63, 3.8) is 0 Å². The quantitative estimate of drug-likeness (QED) is 0.468. The Kier molecular flexibility index (Phi) is 4.67. The van der Waals surface area contributed by atoms with E-state index in [0.717, 1.165) is 27.8 Å². The molecule has 1 aliphatic rings. The lowest BCUT2D eigenvalue weighted by Crippen LogP contribution is -2.27. The molecule has 126 valence electrons. The summed E-state index contributed by atoms with van der Waals surface area (Å²) in [6.45, 7) is 2.14. The van der Waals surface area contributed by atoms with Crippen LogP contribution in [0.1, 0.15) is 16.7 Å². The van der Waals surface area contributed by atoms with Crippen LogP contribution in [-0.2, 0) is 11.3 Å². The number of imide groups is 1. The molecule has 6 nitrogen and oxygen atoms in total. The molecule has 7 heteroatoms. The molecule has 0 unspecified atom stereocenters. The number of hydrogen-bond donors (Lipinski definition) is 0. The Morgan fingerprint density at radius 2 is 1.80 bits per heavy atom. The predicted molar refractivity (Wildman–Crippen MR) is 95.8 cm³/mol. The van der Waals surface area contributed by atoms with Gasteiger partial charge in [-0.1, -0.05) is 42.0 Å². The van der Waals surface area contributed by atoms with E-state index in [0.29, 0.717) is 5.56 Å². The van der Waals surface area contributed by atoms with Gasteiger partial charge in [-0.25, -0.2) is 0 Å². The molecular weight excluding hydrogens is 340 g/mol. The van der Waals surface area contributed by atoms with Crippen LogP contribution in [0.15, 0.2) is 53.4 Å². The highest BCUT2D eigenvalue weighted by molar-refractivity contribution is 8.18. The predicted octanol–water partition coefficient (Wildman–Crippen LogP) is 4.14. The zero-order valence-corrected chi connectivity index (χ0v) is 14.2. The summed E-state index contributed by atoms with van der Waals surface area (Å²) >= 11 is 0.795. The average Bonchev–Trinajstić information content (AvgIpc) is 2.84. The Bertz CT molecular complexity index is 890. The van der Waals surface area contributed by atoms with Crippen molar-refractivity contribution < 1.29 is 14.5 Å². The van der Waals surface area contributed by atoms with E-state index in [1.807, 2.05) is 31.2 Å². The first-order valence-corrected chi connectivity index (χ1v) is 8.31. The van der Waals surface area contributed by atoms with Crippen LogP contribution < -0.4 is 0 Å². The Morgan fingerprint density at radius 1 is 1.12 bits per heavy atom. The van der Waals surface area contributed by atoms with Crippen molar-refractivity contribution in [2.45, 2.75) is 13.5 Å². The number of carbonyl (C=O) groups is 2. The number of para-hydroxylation sites is 1. The Hall–Kier alpha value is -2.93. The second-order valence-corrected chi connectivity index (χ2v) is 6.56. The Labute approximate surface area is 148 Å². The summed E-state index contributed by atoms with van der Waals surface area (Å²) in [6, 6.07) is 13.7. The molecule has 0 aromatic heterocycles. The zero-order chi connectivity index (χ0) is 18.0. The normalized spacial score (nSPS) is 15.9. The molecule has 1 aliphatic heterocycles. The van der Waals surface area contributed by atoms with Gasteiger partial charge < -0.3 is 0 Å². The third kappa shape index (κ3) is 3.61. The van der Waals surface area contributed by atoms with E-state index < -0.39 is 10.8 Å². The molecule has 1 heterocycles. The summed E-state index contributed by atoms with van der Waals surface area (Å²) in [4.78, 5) is 36.6. The largest absolute Gasteiger partial charge is 0.293 e. The molecule has 1 saturated heterocycles. The first-order valence-electron chi connectivity index (χ1n) is 7.50. The van der Waals surface area contributed by atoms with Gasteiger partial charge in [0.2, 0.25) is 0 Å². The molecule has 3 rings (SSSR count). The lowest BCUT2D eigenvalue weighted by molar-refractivity contribution is -0.385. The standard InChI is InChI=1S/C18H14N2O4S/c1-12-6-8-13(9-7-12)11-19-17(21)16(25-18(19)22)10-14-4-2-3-5-15(14)20(23)24/h2-10H,11H2,1H3/b16-10+. The van der Waals surface area contributed by atoms with E-state index in [9.17, 15) is 19.7 Å². The SMILES string of the molecule is Cc1ccc(CN2C(=O)S/C(=C/c3ccccc3[N+](=O)[O-])C2=O)cc1. The maximum absolute atomic E-state index is 12.5. The summed E-state index contributed by atoms with van der Waals surface area (Å²) in [5.41, 5.74) is 2.13. The van der Waals surface area contributed by atoms with Crippen molar-refractivity contribution in [1.29, 1.82) is 0 Å². The minimum atomic E-state index is -0.512. The number of rotatable bonds is 4. The molecule has 2 aromatic rings. The van der Waals surface area contributed by atoms with Crippen LogP contribution in [0.3, 0.4) is 0 Å². The molecule has 1 fully saturated rings. The lowest BCUT2D eigenvalue weighted by Gasteiger charge is -2.12. The molecule has 0 radical (unpaired) electrons. The van der Waals surface area contributed by atoms with Crippen molar-refractivity contribution in [2.75, 3.05) is 0 Å². The van der Waals surface area contributed by atoms with E-state index in [-0.39, 0.29) is 22.4 Å². The van der Waals surface area contributed by atoms with Gasteiger partial charge in [0, 0.05) is 6.07 Å². The second kappa shape index (κ2) is 6.90. The number of nitrogens with zero attached hydrogens (tertiary/aromatic N) is 2. The van der Waals surface area contributed by atoms with Crippen molar-refractivity contribution >= 4 is 34.7 Å². The fourth-order valence-electron chi connectivity index (χ4n) is 2.43. The number of amides is 2. The maximum atomic E-state index is 12.5. The van der Waals surface area contributed by atoms with Gasteiger partial charge in [0.15, 0.2) is 0 Å². The van der Waals surface area contributed by atoms with Crippen LogP contribution in [0, 0.1) is 17.0 Å². The molecule has 0 saturated carbocycles. The van der Waals surface area contributed by atoms with Crippen LogP contribution in [-0.4, -0.2) is 21.0 Å². The van der Waals surface area contributed by atoms with Crippen LogP contribution >= 0.6 is 11.8 Å². The molecule has 0 bridgehead atoms. The summed E-state index contributed by atoms with van der Waals surface area (Å²) in [6.07, 6.45) is 1.40. The van der Waals surface area contributed by atoms with Gasteiger partial charge in [0.25, 0.3) is 16.8 Å². The van der Waals surface area contributed by atoms with Crippen molar-refractivity contribution in [1.82, 2.24) is 4.90 Å². The monoisotopic (exact) mass is 354 g/mol. The molecular formula is C18H14N2O4S. The number of nitro groups is 1. The fraction of sp³-hybridized carbons (Fsp3) is 0.111. The highest BCUT2D eigenvalue weighted by atomic mass is 32.2. The van der Waals surface area contributed by atoms with Crippen molar-refractivity contribution in [2.24, 2.45) is 0 Å². The molecule has 2 aromatic carbocycles. The van der Waals surface area contributed by atoms with Crippen LogP contribution in [0.5, 0.6) is 0 Å². The van der Waals surface area contributed by atoms with Gasteiger partial charge in [0.1, 0.15) is 0 Å². The summed E-state index contributed by atoms with van der Waals surface area (Å²) in [7, 11) is 0. The van der Waals surface area contributed by atoms with Gasteiger partial charge in [-0.3, -0.25) is 24.6 Å². The number of benzene rings is 2. The van der Waals surface area contributed by atoms with Gasteiger partial charge >= 0.3 is 0 Å². The molecule has 2 amide bonds. The van der Waals surface area contributed by atoms with E-state index in [1.54, 1.807) is 18.2 Å². The number of carbonyl (C=O) groups excluding carboxylic acids is 2. The van der Waals surface area contributed by atoms with E-state index >= 15 is 0 Å².